The highest BCUT2D eigenvalue weighted by atomic mass is 19.2. The van der Waals surface area contributed by atoms with Gasteiger partial charge in [0.25, 0.3) is 0 Å². The van der Waals surface area contributed by atoms with E-state index in [1.54, 1.807) is 6.20 Å². The van der Waals surface area contributed by atoms with Crippen molar-refractivity contribution in [3.05, 3.63) is 78.0 Å². The maximum atomic E-state index is 13.8. The predicted molar refractivity (Wildman–Crippen MR) is 94.0 cm³/mol. The third kappa shape index (κ3) is 2.55. The Morgan fingerprint density at radius 1 is 0.963 bits per heavy atom. The first kappa shape index (κ1) is 15.6. The number of fused-ring (bicyclic) bond motifs is 2. The van der Waals surface area contributed by atoms with Gasteiger partial charge in [0, 0.05) is 22.5 Å². The summed E-state index contributed by atoms with van der Waals surface area (Å²) in [5, 5.41) is 6.42. The summed E-state index contributed by atoms with van der Waals surface area (Å²) in [5.41, 5.74) is 1.12. The van der Waals surface area contributed by atoms with Crippen LogP contribution in [-0.4, -0.2) is 15.1 Å². The molecule has 3 aromatic heterocycles. The molecule has 0 aliphatic heterocycles. The molecule has 0 atom stereocenters. The van der Waals surface area contributed by atoms with Crippen molar-refractivity contribution < 1.29 is 17.7 Å². The molecule has 0 saturated heterocycles. The van der Waals surface area contributed by atoms with Crippen LogP contribution in [0, 0.1) is 11.6 Å². The van der Waals surface area contributed by atoms with Crippen molar-refractivity contribution in [3.8, 4) is 11.5 Å². The molecule has 3 heterocycles. The van der Waals surface area contributed by atoms with Crippen molar-refractivity contribution in [2.75, 3.05) is 0 Å². The minimum absolute atomic E-state index is 0.125. The number of nitrogens with zero attached hydrogens (tertiary/aromatic N) is 3. The number of furan rings is 1. The Bertz CT molecular complexity index is 1290. The summed E-state index contributed by atoms with van der Waals surface area (Å²) in [5.74, 6) is -1.27. The molecule has 0 saturated carbocycles. The minimum atomic E-state index is -1.01. The van der Waals surface area contributed by atoms with Gasteiger partial charge in [-0.3, -0.25) is 4.98 Å². The SMILES string of the molecule is Fc1ccc2c(Cc3nc(-c4nccc5ccccc45)no3)coc2c1F. The Kier molecular flexibility index (Phi) is 3.46. The normalized spacial score (nSPS) is 11.5. The van der Waals surface area contributed by atoms with Gasteiger partial charge in [-0.1, -0.05) is 29.4 Å². The third-order valence-corrected chi connectivity index (χ3v) is 4.41. The van der Waals surface area contributed by atoms with Crippen molar-refractivity contribution >= 4 is 21.7 Å². The monoisotopic (exact) mass is 363 g/mol. The Labute approximate surface area is 151 Å². The number of hydrogen-bond acceptors (Lipinski definition) is 5. The van der Waals surface area contributed by atoms with Gasteiger partial charge in [0.2, 0.25) is 17.5 Å². The fraction of sp³-hybridized carbons (Fsp3) is 0.0500. The fourth-order valence-electron chi connectivity index (χ4n) is 3.11. The molecule has 0 unspecified atom stereocenters. The molecular weight excluding hydrogens is 352 g/mol. The van der Waals surface area contributed by atoms with Crippen LogP contribution in [0.3, 0.4) is 0 Å². The van der Waals surface area contributed by atoms with E-state index in [0.717, 1.165) is 16.8 Å². The lowest BCUT2D eigenvalue weighted by Gasteiger charge is -2.00. The zero-order valence-electron chi connectivity index (χ0n) is 13.8. The average Bonchev–Trinajstić information content (AvgIpc) is 3.32. The minimum Gasteiger partial charge on any atom is -0.461 e. The van der Waals surface area contributed by atoms with Gasteiger partial charge in [0.05, 0.1) is 12.7 Å². The summed E-state index contributed by atoms with van der Waals surface area (Å²) >= 11 is 0. The zero-order chi connectivity index (χ0) is 18.4. The number of halogens is 2. The third-order valence-electron chi connectivity index (χ3n) is 4.41. The first-order valence-corrected chi connectivity index (χ1v) is 8.21. The lowest BCUT2D eigenvalue weighted by atomic mass is 10.1. The summed E-state index contributed by atoms with van der Waals surface area (Å²) < 4.78 is 37.6. The molecule has 7 heteroatoms. The van der Waals surface area contributed by atoms with E-state index in [2.05, 4.69) is 15.1 Å². The molecule has 5 rings (SSSR count). The van der Waals surface area contributed by atoms with Crippen molar-refractivity contribution in [1.82, 2.24) is 15.1 Å². The van der Waals surface area contributed by atoms with Gasteiger partial charge in [0.1, 0.15) is 5.69 Å². The van der Waals surface area contributed by atoms with E-state index in [0.29, 0.717) is 28.4 Å². The van der Waals surface area contributed by atoms with E-state index in [1.165, 1.54) is 12.3 Å². The van der Waals surface area contributed by atoms with Crippen LogP contribution in [0.1, 0.15) is 11.5 Å². The lowest BCUT2D eigenvalue weighted by molar-refractivity contribution is 0.385. The summed E-state index contributed by atoms with van der Waals surface area (Å²) in [6, 6.07) is 12.2. The molecule has 5 aromatic rings. The first-order valence-electron chi connectivity index (χ1n) is 8.21. The van der Waals surface area contributed by atoms with Crippen molar-refractivity contribution in [2.24, 2.45) is 0 Å². The number of aromatic nitrogens is 3. The second-order valence-electron chi connectivity index (χ2n) is 6.07. The molecule has 0 aliphatic carbocycles. The summed E-state index contributed by atoms with van der Waals surface area (Å²) in [6.07, 6.45) is 3.29. The number of pyridine rings is 1. The van der Waals surface area contributed by atoms with Gasteiger partial charge in [-0.15, -0.1) is 0 Å². The van der Waals surface area contributed by atoms with E-state index in [9.17, 15) is 8.78 Å². The largest absolute Gasteiger partial charge is 0.461 e. The molecule has 0 N–H and O–H groups in total. The topological polar surface area (TPSA) is 65.0 Å². The number of hydrogen-bond donors (Lipinski definition) is 0. The summed E-state index contributed by atoms with van der Waals surface area (Å²) in [4.78, 5) is 8.77. The van der Waals surface area contributed by atoms with E-state index in [1.807, 2.05) is 30.3 Å². The number of rotatable bonds is 3. The molecule has 0 spiro atoms. The molecule has 0 fully saturated rings. The van der Waals surface area contributed by atoms with Crippen LogP contribution >= 0.6 is 0 Å². The average molecular weight is 363 g/mol. The van der Waals surface area contributed by atoms with Crippen LogP contribution in [0.4, 0.5) is 8.78 Å². The maximum absolute atomic E-state index is 13.8. The van der Waals surface area contributed by atoms with Gasteiger partial charge < -0.3 is 8.94 Å². The zero-order valence-corrected chi connectivity index (χ0v) is 13.8. The van der Waals surface area contributed by atoms with Gasteiger partial charge in [-0.05, 0) is 23.6 Å². The van der Waals surface area contributed by atoms with Gasteiger partial charge in [-0.2, -0.15) is 9.37 Å². The smallest absolute Gasteiger partial charge is 0.231 e. The fourth-order valence-corrected chi connectivity index (χ4v) is 3.11. The van der Waals surface area contributed by atoms with Crippen LogP contribution in [0.2, 0.25) is 0 Å². The van der Waals surface area contributed by atoms with Crippen molar-refractivity contribution in [2.45, 2.75) is 6.42 Å². The Morgan fingerprint density at radius 2 is 1.85 bits per heavy atom. The van der Waals surface area contributed by atoms with E-state index >= 15 is 0 Å². The Hall–Kier alpha value is -3.61. The van der Waals surface area contributed by atoms with Gasteiger partial charge >= 0.3 is 0 Å². The van der Waals surface area contributed by atoms with Crippen LogP contribution in [0.25, 0.3) is 33.3 Å². The first-order chi connectivity index (χ1) is 13.2. The quantitative estimate of drug-likeness (QED) is 0.456. The molecule has 0 radical (unpaired) electrons. The van der Waals surface area contributed by atoms with Crippen LogP contribution in [0.15, 0.2) is 63.9 Å². The standard InChI is InChI=1S/C20H11F2N3O2/c21-15-6-5-14-12(10-26-19(14)17(15)22)9-16-24-20(25-27-16)18-13-4-2-1-3-11(13)7-8-23-18/h1-8,10H,9H2. The molecule has 0 aliphatic rings. The molecule has 5 nitrogen and oxygen atoms in total. The van der Waals surface area contributed by atoms with Crippen molar-refractivity contribution in [3.63, 3.8) is 0 Å². The predicted octanol–water partition coefficient (Wildman–Crippen LogP) is 4.90. The molecule has 132 valence electrons. The van der Waals surface area contributed by atoms with E-state index in [-0.39, 0.29) is 12.0 Å². The van der Waals surface area contributed by atoms with E-state index < -0.39 is 11.6 Å². The maximum Gasteiger partial charge on any atom is 0.231 e. The molecule has 0 bridgehead atoms. The molecular formula is C20H11F2N3O2. The van der Waals surface area contributed by atoms with Crippen LogP contribution < -0.4 is 0 Å². The van der Waals surface area contributed by atoms with Crippen LogP contribution in [-0.2, 0) is 6.42 Å². The van der Waals surface area contributed by atoms with Gasteiger partial charge in [-0.25, -0.2) is 4.39 Å². The number of benzene rings is 2. The highest BCUT2D eigenvalue weighted by molar-refractivity contribution is 5.92. The van der Waals surface area contributed by atoms with Gasteiger partial charge in [0.15, 0.2) is 11.4 Å². The second kappa shape index (κ2) is 5.98. The molecule has 0 amide bonds. The van der Waals surface area contributed by atoms with E-state index in [4.69, 9.17) is 8.94 Å². The lowest BCUT2D eigenvalue weighted by Crippen LogP contribution is -1.90. The highest BCUT2D eigenvalue weighted by Gasteiger charge is 2.18. The molecule has 2 aromatic carbocycles. The summed E-state index contributed by atoms with van der Waals surface area (Å²) in [6.45, 7) is 0. The highest BCUT2D eigenvalue weighted by Crippen LogP contribution is 2.28. The Morgan fingerprint density at radius 3 is 2.78 bits per heavy atom. The molecule has 27 heavy (non-hydrogen) atoms. The summed E-state index contributed by atoms with van der Waals surface area (Å²) in [7, 11) is 0. The second-order valence-corrected chi connectivity index (χ2v) is 6.07. The van der Waals surface area contributed by atoms with Crippen molar-refractivity contribution in [1.29, 1.82) is 0 Å². The Balaban J connectivity index is 1.52. The van der Waals surface area contributed by atoms with Crippen LogP contribution in [0.5, 0.6) is 0 Å².